The van der Waals surface area contributed by atoms with Crippen LogP contribution in [-0.4, -0.2) is 37.3 Å². The molecule has 10 nitrogen and oxygen atoms in total. The van der Waals surface area contributed by atoms with Crippen molar-refractivity contribution in [3.05, 3.63) is 76.1 Å². The number of aromatic nitrogens is 3. The Hall–Kier alpha value is -3.73. The number of non-ortho nitro benzene ring substituents is 1. The first-order valence-corrected chi connectivity index (χ1v) is 11.2. The third-order valence-electron chi connectivity index (χ3n) is 4.81. The van der Waals surface area contributed by atoms with Crippen LogP contribution in [0.15, 0.2) is 59.8 Å². The van der Waals surface area contributed by atoms with E-state index in [0.29, 0.717) is 22.2 Å². The molecule has 11 heteroatoms. The number of rotatable bonds is 9. The highest BCUT2D eigenvalue weighted by atomic mass is 32.2. The highest BCUT2D eigenvalue weighted by molar-refractivity contribution is 7.99. The molecule has 0 aliphatic rings. The van der Waals surface area contributed by atoms with Crippen molar-refractivity contribution in [3.63, 3.8) is 0 Å². The molecule has 0 bridgehead atoms. The molecule has 3 rings (SSSR count). The summed E-state index contributed by atoms with van der Waals surface area (Å²) in [6, 6.07) is 14.3. The molecule has 1 heterocycles. The number of nitro benzene ring substituents is 1. The van der Waals surface area contributed by atoms with Crippen molar-refractivity contribution in [2.24, 2.45) is 13.0 Å². The summed E-state index contributed by atoms with van der Waals surface area (Å²) < 4.78 is 1.75. The average molecular weight is 469 g/mol. The van der Waals surface area contributed by atoms with Crippen LogP contribution >= 0.6 is 11.8 Å². The molecule has 1 unspecified atom stereocenters. The number of amides is 2. The van der Waals surface area contributed by atoms with E-state index in [4.69, 9.17) is 0 Å². The molecule has 33 heavy (non-hydrogen) atoms. The van der Waals surface area contributed by atoms with Gasteiger partial charge in [-0.3, -0.25) is 19.7 Å². The Labute approximate surface area is 194 Å². The minimum atomic E-state index is -0.521. The van der Waals surface area contributed by atoms with Crippen molar-refractivity contribution >= 4 is 35.0 Å². The lowest BCUT2D eigenvalue weighted by Crippen LogP contribution is -2.33. The van der Waals surface area contributed by atoms with Gasteiger partial charge in [-0.25, -0.2) is 0 Å². The average Bonchev–Trinajstić information content (AvgIpc) is 3.16. The van der Waals surface area contributed by atoms with Gasteiger partial charge in [0.2, 0.25) is 5.91 Å². The highest BCUT2D eigenvalue weighted by Crippen LogP contribution is 2.25. The smallest absolute Gasteiger partial charge is 0.271 e. The maximum Gasteiger partial charge on any atom is 0.271 e. The summed E-state index contributed by atoms with van der Waals surface area (Å²) in [6.07, 6.45) is 0. The van der Waals surface area contributed by atoms with Crippen LogP contribution in [0, 0.1) is 16.0 Å². The van der Waals surface area contributed by atoms with Crippen molar-refractivity contribution in [1.29, 1.82) is 0 Å². The van der Waals surface area contributed by atoms with E-state index < -0.39 is 4.92 Å². The van der Waals surface area contributed by atoms with E-state index in [-0.39, 0.29) is 35.2 Å². The first-order valence-electron chi connectivity index (χ1n) is 10.2. The van der Waals surface area contributed by atoms with E-state index in [1.54, 1.807) is 41.9 Å². The van der Waals surface area contributed by atoms with Crippen LogP contribution in [0.3, 0.4) is 0 Å². The van der Waals surface area contributed by atoms with Gasteiger partial charge in [-0.2, -0.15) is 0 Å². The van der Waals surface area contributed by atoms with Crippen LogP contribution in [-0.2, 0) is 11.8 Å². The Balaban J connectivity index is 1.65. The number of carbonyl (C=O) groups excluding carboxylic acids is 2. The number of nitrogens with zero attached hydrogens (tertiary/aromatic N) is 4. The van der Waals surface area contributed by atoms with Gasteiger partial charge >= 0.3 is 0 Å². The Bertz CT molecular complexity index is 1150. The van der Waals surface area contributed by atoms with Crippen molar-refractivity contribution in [2.45, 2.75) is 25.0 Å². The van der Waals surface area contributed by atoms with E-state index in [2.05, 4.69) is 20.8 Å². The fourth-order valence-electron chi connectivity index (χ4n) is 3.09. The summed E-state index contributed by atoms with van der Waals surface area (Å²) in [6.45, 7) is 3.95. The number of hydrogen-bond acceptors (Lipinski definition) is 7. The molecule has 3 aromatic rings. The van der Waals surface area contributed by atoms with E-state index in [9.17, 15) is 19.7 Å². The van der Waals surface area contributed by atoms with Gasteiger partial charge in [-0.05, 0) is 24.1 Å². The molecule has 1 atom stereocenters. The number of benzene rings is 2. The fourth-order valence-corrected chi connectivity index (χ4v) is 3.81. The van der Waals surface area contributed by atoms with Gasteiger partial charge in [0.25, 0.3) is 11.6 Å². The summed E-state index contributed by atoms with van der Waals surface area (Å²) in [5.74, 6) is 0.134. The number of thioether (sulfide) groups is 1. The van der Waals surface area contributed by atoms with Gasteiger partial charge in [-0.15, -0.1) is 10.2 Å². The maximum atomic E-state index is 12.6. The molecule has 0 fully saturated rings. The zero-order chi connectivity index (χ0) is 24.0. The third kappa shape index (κ3) is 6.16. The molecule has 2 aromatic carbocycles. The topological polar surface area (TPSA) is 132 Å². The third-order valence-corrected chi connectivity index (χ3v) is 5.83. The van der Waals surface area contributed by atoms with Crippen LogP contribution in [0.5, 0.6) is 0 Å². The van der Waals surface area contributed by atoms with Gasteiger partial charge in [0.05, 0.1) is 16.7 Å². The first-order chi connectivity index (χ1) is 15.8. The minimum absolute atomic E-state index is 0.0391. The van der Waals surface area contributed by atoms with E-state index in [1.165, 1.54) is 30.0 Å². The van der Waals surface area contributed by atoms with Crippen molar-refractivity contribution in [1.82, 2.24) is 20.1 Å². The quantitative estimate of drug-likeness (QED) is 0.279. The lowest BCUT2D eigenvalue weighted by molar-refractivity contribution is -0.384. The minimum Gasteiger partial charge on any atom is -0.342 e. The molecular formula is C22H24N6O4S. The molecule has 0 spiro atoms. The highest BCUT2D eigenvalue weighted by Gasteiger charge is 2.25. The monoisotopic (exact) mass is 468 g/mol. The van der Waals surface area contributed by atoms with Gasteiger partial charge < -0.3 is 15.2 Å². The Morgan fingerprint density at radius 2 is 1.85 bits per heavy atom. The zero-order valence-electron chi connectivity index (χ0n) is 18.4. The fraction of sp³-hybridized carbons (Fsp3) is 0.273. The zero-order valence-corrected chi connectivity index (χ0v) is 19.2. The van der Waals surface area contributed by atoms with E-state index >= 15 is 0 Å². The Morgan fingerprint density at radius 3 is 2.52 bits per heavy atom. The van der Waals surface area contributed by atoms with Crippen molar-refractivity contribution in [3.8, 4) is 0 Å². The van der Waals surface area contributed by atoms with Gasteiger partial charge in [0, 0.05) is 30.4 Å². The van der Waals surface area contributed by atoms with Crippen molar-refractivity contribution in [2.75, 3.05) is 11.1 Å². The predicted octanol–water partition coefficient (Wildman–Crippen LogP) is 3.58. The number of carbonyl (C=O) groups is 2. The SMILES string of the molecule is CC(C)C(NC(=O)c1ccccc1)c1nnc(SCC(=O)Nc2cccc([N+](=O)[O-])c2)n1C. The lowest BCUT2D eigenvalue weighted by atomic mass is 10.0. The van der Waals surface area contributed by atoms with Gasteiger partial charge in [0.15, 0.2) is 11.0 Å². The van der Waals surface area contributed by atoms with E-state index in [0.717, 1.165) is 0 Å². The second-order valence-electron chi connectivity index (χ2n) is 7.61. The van der Waals surface area contributed by atoms with E-state index in [1.807, 2.05) is 19.9 Å². The summed E-state index contributed by atoms with van der Waals surface area (Å²) in [5.41, 5.74) is 0.797. The second-order valence-corrected chi connectivity index (χ2v) is 8.55. The van der Waals surface area contributed by atoms with Crippen LogP contribution in [0.1, 0.15) is 36.1 Å². The first kappa shape index (κ1) is 23.9. The molecule has 0 aliphatic heterocycles. The predicted molar refractivity (Wildman–Crippen MR) is 125 cm³/mol. The lowest BCUT2D eigenvalue weighted by Gasteiger charge is -2.21. The number of nitrogens with one attached hydrogen (secondary N) is 2. The number of anilines is 1. The van der Waals surface area contributed by atoms with Crippen LogP contribution in [0.4, 0.5) is 11.4 Å². The normalized spacial score (nSPS) is 11.8. The van der Waals surface area contributed by atoms with Crippen LogP contribution in [0.2, 0.25) is 0 Å². The molecule has 0 saturated heterocycles. The summed E-state index contributed by atoms with van der Waals surface area (Å²) in [4.78, 5) is 35.3. The summed E-state index contributed by atoms with van der Waals surface area (Å²) >= 11 is 1.18. The number of hydrogen-bond donors (Lipinski definition) is 2. The Morgan fingerprint density at radius 1 is 1.12 bits per heavy atom. The molecule has 172 valence electrons. The second kappa shape index (κ2) is 10.7. The molecule has 2 N–H and O–H groups in total. The van der Waals surface area contributed by atoms with Crippen LogP contribution < -0.4 is 10.6 Å². The number of nitro groups is 1. The molecular weight excluding hydrogens is 444 g/mol. The largest absolute Gasteiger partial charge is 0.342 e. The molecule has 0 aliphatic carbocycles. The standard InChI is InChI=1S/C22H24N6O4S/c1-14(2)19(24-21(30)15-8-5-4-6-9-15)20-25-26-22(27(20)3)33-13-18(29)23-16-10-7-11-17(12-16)28(31)32/h4-12,14,19H,13H2,1-3H3,(H,23,29)(H,24,30). The molecule has 0 saturated carbocycles. The molecule has 1 aromatic heterocycles. The van der Waals surface area contributed by atoms with Gasteiger partial charge in [-0.1, -0.05) is 49.9 Å². The maximum absolute atomic E-state index is 12.6. The van der Waals surface area contributed by atoms with Crippen molar-refractivity contribution < 1.29 is 14.5 Å². The summed E-state index contributed by atoms with van der Waals surface area (Å²) in [7, 11) is 1.78. The molecule has 0 radical (unpaired) electrons. The van der Waals surface area contributed by atoms with Crippen LogP contribution in [0.25, 0.3) is 0 Å². The summed E-state index contributed by atoms with van der Waals surface area (Å²) in [5, 5.41) is 25.5. The Kier molecular flexibility index (Phi) is 7.78. The molecule has 2 amide bonds. The van der Waals surface area contributed by atoms with Gasteiger partial charge in [0.1, 0.15) is 0 Å².